The van der Waals surface area contributed by atoms with E-state index in [0.717, 1.165) is 5.76 Å². The molecule has 3 rings (SSSR count). The molecular formula is C14H12N4O3S. The Balaban J connectivity index is 1.63. The SMILES string of the molecule is Cc1ccc(-c2nc(C(=O)NNC(=O)c3ccc[nH]3)cs2)o1. The number of carbonyl (C=O) groups excluding carboxylic acids is 2. The predicted molar refractivity (Wildman–Crippen MR) is 80.3 cm³/mol. The molecule has 112 valence electrons. The maximum atomic E-state index is 11.9. The van der Waals surface area contributed by atoms with Gasteiger partial charge in [-0.05, 0) is 31.2 Å². The summed E-state index contributed by atoms with van der Waals surface area (Å²) in [5.41, 5.74) is 5.18. The summed E-state index contributed by atoms with van der Waals surface area (Å²) < 4.78 is 5.45. The standard InChI is InChI=1S/C14H12N4O3S/c1-8-4-5-11(21-8)14-16-10(7-22-14)13(20)18-17-12(19)9-3-2-6-15-9/h2-7,15H,1H3,(H,17,19)(H,18,20). The van der Waals surface area contributed by atoms with Gasteiger partial charge in [-0.15, -0.1) is 11.3 Å². The van der Waals surface area contributed by atoms with Gasteiger partial charge in [-0.3, -0.25) is 20.4 Å². The van der Waals surface area contributed by atoms with Crippen LogP contribution in [0.4, 0.5) is 0 Å². The van der Waals surface area contributed by atoms with Crippen LogP contribution in [0.1, 0.15) is 26.7 Å². The van der Waals surface area contributed by atoms with Crippen molar-refractivity contribution in [3.63, 3.8) is 0 Å². The fourth-order valence-electron chi connectivity index (χ4n) is 1.76. The van der Waals surface area contributed by atoms with Gasteiger partial charge in [-0.25, -0.2) is 4.98 Å². The van der Waals surface area contributed by atoms with Crippen LogP contribution < -0.4 is 10.9 Å². The Kier molecular flexibility index (Phi) is 3.75. The molecule has 3 heterocycles. The Labute approximate surface area is 129 Å². The molecule has 0 saturated heterocycles. The second-order valence-electron chi connectivity index (χ2n) is 4.44. The van der Waals surface area contributed by atoms with Gasteiger partial charge < -0.3 is 9.40 Å². The number of aryl methyl sites for hydroxylation is 1. The molecule has 3 aromatic rings. The Morgan fingerprint density at radius 2 is 2.05 bits per heavy atom. The first-order chi connectivity index (χ1) is 10.6. The molecule has 0 fully saturated rings. The van der Waals surface area contributed by atoms with Crippen LogP contribution in [0.5, 0.6) is 0 Å². The van der Waals surface area contributed by atoms with E-state index in [9.17, 15) is 9.59 Å². The molecule has 2 amide bonds. The number of aromatic nitrogens is 2. The van der Waals surface area contributed by atoms with Crippen molar-refractivity contribution in [1.82, 2.24) is 20.8 Å². The molecule has 0 unspecified atom stereocenters. The van der Waals surface area contributed by atoms with Crippen LogP contribution in [-0.4, -0.2) is 21.8 Å². The van der Waals surface area contributed by atoms with Crippen LogP contribution >= 0.6 is 11.3 Å². The summed E-state index contributed by atoms with van der Waals surface area (Å²) in [5, 5.41) is 2.21. The first-order valence-corrected chi connectivity index (χ1v) is 7.28. The molecule has 3 aromatic heterocycles. The average Bonchev–Trinajstić information content (AvgIpc) is 3.23. The zero-order valence-corrected chi connectivity index (χ0v) is 12.4. The first kappa shape index (κ1) is 14.1. The van der Waals surface area contributed by atoms with Crippen LogP contribution in [0.15, 0.2) is 40.3 Å². The van der Waals surface area contributed by atoms with E-state index in [4.69, 9.17) is 4.42 Å². The van der Waals surface area contributed by atoms with Gasteiger partial charge in [0.25, 0.3) is 11.8 Å². The van der Waals surface area contributed by atoms with Gasteiger partial charge in [0.2, 0.25) is 0 Å². The van der Waals surface area contributed by atoms with Crippen molar-refractivity contribution >= 4 is 23.2 Å². The highest BCUT2D eigenvalue weighted by atomic mass is 32.1. The lowest BCUT2D eigenvalue weighted by Gasteiger charge is -2.04. The van der Waals surface area contributed by atoms with Crippen LogP contribution in [0.3, 0.4) is 0 Å². The smallest absolute Gasteiger partial charge is 0.289 e. The van der Waals surface area contributed by atoms with E-state index in [1.165, 1.54) is 11.3 Å². The van der Waals surface area contributed by atoms with Gasteiger partial charge in [0, 0.05) is 11.6 Å². The molecule has 0 aliphatic rings. The van der Waals surface area contributed by atoms with Gasteiger partial charge in [0.1, 0.15) is 17.1 Å². The summed E-state index contributed by atoms with van der Waals surface area (Å²) in [4.78, 5) is 30.6. The molecule has 8 heteroatoms. The van der Waals surface area contributed by atoms with Crippen molar-refractivity contribution in [2.75, 3.05) is 0 Å². The number of hydrogen-bond donors (Lipinski definition) is 3. The number of thiazole rings is 1. The number of hydrazine groups is 1. The molecule has 0 aliphatic heterocycles. The minimum Gasteiger partial charge on any atom is -0.459 e. The number of hydrogen-bond acceptors (Lipinski definition) is 5. The Morgan fingerprint density at radius 3 is 2.73 bits per heavy atom. The maximum absolute atomic E-state index is 11.9. The third-order valence-corrected chi connectivity index (χ3v) is 3.68. The van der Waals surface area contributed by atoms with Crippen LogP contribution in [-0.2, 0) is 0 Å². The monoisotopic (exact) mass is 316 g/mol. The third kappa shape index (κ3) is 2.91. The van der Waals surface area contributed by atoms with Crippen molar-refractivity contribution in [2.45, 2.75) is 6.92 Å². The summed E-state index contributed by atoms with van der Waals surface area (Å²) in [6.07, 6.45) is 1.62. The Hall–Kier alpha value is -2.87. The molecule has 7 nitrogen and oxygen atoms in total. The van der Waals surface area contributed by atoms with Crippen molar-refractivity contribution in [2.24, 2.45) is 0 Å². The van der Waals surface area contributed by atoms with E-state index in [-0.39, 0.29) is 5.69 Å². The topological polar surface area (TPSA) is 100 Å². The van der Waals surface area contributed by atoms with E-state index in [0.29, 0.717) is 16.5 Å². The minimum absolute atomic E-state index is 0.209. The zero-order chi connectivity index (χ0) is 15.5. The van der Waals surface area contributed by atoms with Crippen molar-refractivity contribution in [3.8, 4) is 10.8 Å². The molecule has 0 atom stereocenters. The number of rotatable bonds is 3. The molecule has 0 aromatic carbocycles. The van der Waals surface area contributed by atoms with Crippen molar-refractivity contribution < 1.29 is 14.0 Å². The lowest BCUT2D eigenvalue weighted by molar-refractivity contribution is 0.0842. The number of furan rings is 1. The minimum atomic E-state index is -0.495. The average molecular weight is 316 g/mol. The maximum Gasteiger partial charge on any atom is 0.289 e. The molecule has 22 heavy (non-hydrogen) atoms. The number of H-pyrrole nitrogens is 1. The highest BCUT2D eigenvalue weighted by Crippen LogP contribution is 2.25. The summed E-state index contributed by atoms with van der Waals surface area (Å²) >= 11 is 1.29. The number of nitrogens with zero attached hydrogens (tertiary/aromatic N) is 1. The summed E-state index contributed by atoms with van der Waals surface area (Å²) in [6.45, 7) is 1.83. The zero-order valence-electron chi connectivity index (χ0n) is 11.5. The number of amides is 2. The third-order valence-electron chi connectivity index (χ3n) is 2.82. The quantitative estimate of drug-likeness (QED) is 0.644. The van der Waals surface area contributed by atoms with E-state index in [2.05, 4.69) is 20.8 Å². The van der Waals surface area contributed by atoms with Gasteiger partial charge in [-0.1, -0.05) is 0 Å². The predicted octanol–water partition coefficient (Wildman–Crippen LogP) is 2.11. The van der Waals surface area contributed by atoms with Gasteiger partial charge in [0.05, 0.1) is 0 Å². The molecule has 0 aliphatic carbocycles. The molecule has 0 spiro atoms. The van der Waals surface area contributed by atoms with Crippen molar-refractivity contribution in [1.29, 1.82) is 0 Å². The largest absolute Gasteiger partial charge is 0.459 e. The second-order valence-corrected chi connectivity index (χ2v) is 5.30. The lowest BCUT2D eigenvalue weighted by atomic mass is 10.4. The van der Waals surface area contributed by atoms with E-state index < -0.39 is 11.8 Å². The van der Waals surface area contributed by atoms with Gasteiger partial charge >= 0.3 is 0 Å². The highest BCUT2D eigenvalue weighted by Gasteiger charge is 2.15. The van der Waals surface area contributed by atoms with Crippen LogP contribution in [0.2, 0.25) is 0 Å². The molecule has 0 saturated carbocycles. The van der Waals surface area contributed by atoms with E-state index in [1.54, 1.807) is 29.8 Å². The van der Waals surface area contributed by atoms with Gasteiger partial charge in [0.15, 0.2) is 10.8 Å². The Bertz CT molecular complexity index is 804. The number of carbonyl (C=O) groups is 2. The van der Waals surface area contributed by atoms with Crippen molar-refractivity contribution in [3.05, 3.63) is 53.0 Å². The van der Waals surface area contributed by atoms with E-state index in [1.807, 2.05) is 13.0 Å². The highest BCUT2D eigenvalue weighted by molar-refractivity contribution is 7.13. The van der Waals surface area contributed by atoms with Gasteiger partial charge in [-0.2, -0.15) is 0 Å². The van der Waals surface area contributed by atoms with E-state index >= 15 is 0 Å². The summed E-state index contributed by atoms with van der Waals surface area (Å²) in [7, 11) is 0. The van der Waals surface area contributed by atoms with Crippen LogP contribution in [0, 0.1) is 6.92 Å². The Morgan fingerprint density at radius 1 is 1.23 bits per heavy atom. The molecule has 3 N–H and O–H groups in total. The number of nitrogens with one attached hydrogen (secondary N) is 3. The molecule has 0 bridgehead atoms. The summed E-state index contributed by atoms with van der Waals surface area (Å²) in [6, 6.07) is 6.91. The fraction of sp³-hybridized carbons (Fsp3) is 0.0714. The summed E-state index contributed by atoms with van der Waals surface area (Å²) in [5.74, 6) is 0.451. The molecule has 0 radical (unpaired) electrons. The second kappa shape index (κ2) is 5.86. The lowest BCUT2D eigenvalue weighted by Crippen LogP contribution is -2.41. The number of aromatic amines is 1. The normalized spacial score (nSPS) is 10.4. The van der Waals surface area contributed by atoms with Crippen LogP contribution in [0.25, 0.3) is 10.8 Å². The first-order valence-electron chi connectivity index (χ1n) is 6.40. The molecular weight excluding hydrogens is 304 g/mol. The fourth-order valence-corrected chi connectivity index (χ4v) is 2.52.